The van der Waals surface area contributed by atoms with Gasteiger partial charge in [0.25, 0.3) is 5.91 Å². The van der Waals surface area contributed by atoms with Gasteiger partial charge < -0.3 is 19.5 Å². The molecular weight excluding hydrogens is 390 g/mol. The number of thiophene rings is 1. The van der Waals surface area contributed by atoms with Crippen molar-refractivity contribution in [2.75, 3.05) is 26.1 Å². The van der Waals surface area contributed by atoms with Crippen molar-refractivity contribution in [3.8, 4) is 11.5 Å². The SMILES string of the molecule is CCOC(=O)c1c(C2CC2)csc1NC(=O)c1cc(Cl)c(OC)c(OC)c1. The maximum atomic E-state index is 12.7. The molecule has 0 aliphatic heterocycles. The summed E-state index contributed by atoms with van der Waals surface area (Å²) in [5, 5.41) is 5.47. The number of rotatable bonds is 7. The van der Waals surface area contributed by atoms with Gasteiger partial charge in [0.05, 0.1) is 31.4 Å². The van der Waals surface area contributed by atoms with Crippen LogP contribution in [0.4, 0.5) is 5.00 Å². The smallest absolute Gasteiger partial charge is 0.341 e. The molecule has 1 aliphatic carbocycles. The van der Waals surface area contributed by atoms with E-state index in [1.165, 1.54) is 31.6 Å². The average Bonchev–Trinajstić information content (AvgIpc) is 3.41. The fourth-order valence-electron chi connectivity index (χ4n) is 2.80. The number of nitrogens with one attached hydrogen (secondary N) is 1. The van der Waals surface area contributed by atoms with Gasteiger partial charge in [0, 0.05) is 5.56 Å². The van der Waals surface area contributed by atoms with Crippen molar-refractivity contribution in [1.82, 2.24) is 0 Å². The topological polar surface area (TPSA) is 73.9 Å². The Hall–Kier alpha value is -2.25. The van der Waals surface area contributed by atoms with E-state index < -0.39 is 11.9 Å². The molecule has 8 heteroatoms. The van der Waals surface area contributed by atoms with Gasteiger partial charge in [-0.3, -0.25) is 4.79 Å². The first kappa shape index (κ1) is 19.5. The summed E-state index contributed by atoms with van der Waals surface area (Å²) in [5.41, 5.74) is 1.69. The van der Waals surface area contributed by atoms with Gasteiger partial charge in [-0.25, -0.2) is 4.79 Å². The number of ether oxygens (including phenoxy) is 3. The van der Waals surface area contributed by atoms with E-state index in [1.54, 1.807) is 13.0 Å². The van der Waals surface area contributed by atoms with Crippen LogP contribution in [0.1, 0.15) is 52.0 Å². The molecule has 0 spiro atoms. The average molecular weight is 410 g/mol. The third-order valence-corrected chi connectivity index (χ3v) is 5.43. The molecule has 1 heterocycles. The van der Waals surface area contributed by atoms with Crippen molar-refractivity contribution < 1.29 is 23.8 Å². The summed E-state index contributed by atoms with van der Waals surface area (Å²) in [5.74, 6) is 0.261. The van der Waals surface area contributed by atoms with Crippen molar-refractivity contribution in [1.29, 1.82) is 0 Å². The maximum absolute atomic E-state index is 12.7. The highest BCUT2D eigenvalue weighted by Crippen LogP contribution is 2.46. The summed E-state index contributed by atoms with van der Waals surface area (Å²) < 4.78 is 15.6. The molecule has 1 aliphatic rings. The third kappa shape index (κ3) is 4.04. The molecule has 3 rings (SSSR count). The van der Waals surface area contributed by atoms with Gasteiger partial charge in [0.1, 0.15) is 5.00 Å². The molecule has 0 radical (unpaired) electrons. The van der Waals surface area contributed by atoms with Crippen LogP contribution in [0.3, 0.4) is 0 Å². The normalized spacial score (nSPS) is 13.2. The molecule has 1 aromatic heterocycles. The van der Waals surface area contributed by atoms with Crippen LogP contribution in [0.2, 0.25) is 5.02 Å². The van der Waals surface area contributed by atoms with Gasteiger partial charge in [-0.15, -0.1) is 11.3 Å². The second kappa shape index (κ2) is 8.19. The molecule has 1 saturated carbocycles. The van der Waals surface area contributed by atoms with Crippen LogP contribution in [0.25, 0.3) is 0 Å². The molecule has 1 fully saturated rings. The van der Waals surface area contributed by atoms with Crippen molar-refractivity contribution in [3.63, 3.8) is 0 Å². The highest BCUT2D eigenvalue weighted by atomic mass is 35.5. The Morgan fingerprint density at radius 2 is 2.00 bits per heavy atom. The molecule has 6 nitrogen and oxygen atoms in total. The van der Waals surface area contributed by atoms with E-state index in [0.717, 1.165) is 18.4 Å². The number of carbonyl (C=O) groups is 2. The summed E-state index contributed by atoms with van der Waals surface area (Å²) in [6.07, 6.45) is 2.09. The Labute approximate surface area is 166 Å². The van der Waals surface area contributed by atoms with Gasteiger partial charge in [-0.1, -0.05) is 11.6 Å². The van der Waals surface area contributed by atoms with E-state index in [1.807, 2.05) is 5.38 Å². The number of halogens is 1. The number of esters is 1. The first-order valence-corrected chi connectivity index (χ1v) is 9.77. The van der Waals surface area contributed by atoms with E-state index in [0.29, 0.717) is 33.5 Å². The van der Waals surface area contributed by atoms with Crippen LogP contribution in [0.15, 0.2) is 17.5 Å². The molecule has 1 N–H and O–H groups in total. The van der Waals surface area contributed by atoms with Crippen molar-refractivity contribution >= 4 is 39.8 Å². The monoisotopic (exact) mass is 409 g/mol. The van der Waals surface area contributed by atoms with Crippen LogP contribution in [0, 0.1) is 0 Å². The molecular formula is C19H20ClNO5S. The zero-order valence-electron chi connectivity index (χ0n) is 15.3. The molecule has 144 valence electrons. The highest BCUT2D eigenvalue weighted by molar-refractivity contribution is 7.15. The lowest BCUT2D eigenvalue weighted by atomic mass is 10.1. The maximum Gasteiger partial charge on any atom is 0.341 e. The summed E-state index contributed by atoms with van der Waals surface area (Å²) in [4.78, 5) is 25.2. The molecule has 1 aromatic carbocycles. The lowest BCUT2D eigenvalue weighted by Crippen LogP contribution is -2.15. The second-order valence-corrected chi connectivity index (χ2v) is 7.32. The summed E-state index contributed by atoms with van der Waals surface area (Å²) in [6, 6.07) is 3.04. The predicted octanol–water partition coefficient (Wildman–Crippen LogP) is 4.73. The van der Waals surface area contributed by atoms with E-state index in [9.17, 15) is 9.59 Å². The van der Waals surface area contributed by atoms with Crippen molar-refractivity contribution in [2.45, 2.75) is 25.7 Å². The van der Waals surface area contributed by atoms with Crippen LogP contribution < -0.4 is 14.8 Å². The van der Waals surface area contributed by atoms with Gasteiger partial charge in [0.2, 0.25) is 0 Å². The van der Waals surface area contributed by atoms with E-state index >= 15 is 0 Å². The van der Waals surface area contributed by atoms with Gasteiger partial charge in [0.15, 0.2) is 11.5 Å². The van der Waals surface area contributed by atoms with E-state index in [2.05, 4.69) is 5.32 Å². The Balaban J connectivity index is 1.90. The van der Waals surface area contributed by atoms with Gasteiger partial charge in [-0.2, -0.15) is 0 Å². The number of benzene rings is 1. The van der Waals surface area contributed by atoms with E-state index in [4.69, 9.17) is 25.8 Å². The Bertz CT molecular complexity index is 875. The lowest BCUT2D eigenvalue weighted by molar-refractivity contribution is 0.0527. The molecule has 0 atom stereocenters. The number of carbonyl (C=O) groups excluding carboxylic acids is 2. The molecule has 0 saturated heterocycles. The number of hydrogen-bond acceptors (Lipinski definition) is 6. The van der Waals surface area contributed by atoms with Gasteiger partial charge in [-0.05, 0) is 48.8 Å². The Kier molecular flexibility index (Phi) is 5.92. The number of anilines is 1. The number of hydrogen-bond donors (Lipinski definition) is 1. The minimum absolute atomic E-state index is 0.262. The molecule has 0 bridgehead atoms. The minimum Gasteiger partial charge on any atom is -0.493 e. The zero-order valence-corrected chi connectivity index (χ0v) is 16.8. The standard InChI is InChI=1S/C19H20ClNO5S/c1-4-26-19(23)15-12(10-5-6-10)9-27-18(15)21-17(22)11-7-13(20)16(25-3)14(8-11)24-2/h7-10H,4-6H2,1-3H3,(H,21,22). The molecule has 27 heavy (non-hydrogen) atoms. The second-order valence-electron chi connectivity index (χ2n) is 6.04. The zero-order chi connectivity index (χ0) is 19.6. The van der Waals surface area contributed by atoms with Gasteiger partial charge >= 0.3 is 5.97 Å². The predicted molar refractivity (Wildman–Crippen MR) is 105 cm³/mol. The Morgan fingerprint density at radius 1 is 1.26 bits per heavy atom. The van der Waals surface area contributed by atoms with Crippen LogP contribution in [-0.2, 0) is 4.74 Å². The van der Waals surface area contributed by atoms with Crippen molar-refractivity contribution in [3.05, 3.63) is 39.2 Å². The van der Waals surface area contributed by atoms with Crippen LogP contribution in [0.5, 0.6) is 11.5 Å². The largest absolute Gasteiger partial charge is 0.493 e. The first-order chi connectivity index (χ1) is 13.0. The quantitative estimate of drug-likeness (QED) is 0.669. The fourth-order valence-corrected chi connectivity index (χ4v) is 4.11. The third-order valence-electron chi connectivity index (χ3n) is 4.24. The summed E-state index contributed by atoms with van der Waals surface area (Å²) >= 11 is 7.50. The molecule has 1 amide bonds. The highest BCUT2D eigenvalue weighted by Gasteiger charge is 2.32. The number of amides is 1. The summed E-state index contributed by atoms with van der Waals surface area (Å²) in [6.45, 7) is 2.03. The molecule has 2 aromatic rings. The summed E-state index contributed by atoms with van der Waals surface area (Å²) in [7, 11) is 2.94. The minimum atomic E-state index is -0.415. The van der Waals surface area contributed by atoms with Crippen LogP contribution in [-0.4, -0.2) is 32.7 Å². The van der Waals surface area contributed by atoms with E-state index in [-0.39, 0.29) is 11.6 Å². The fraction of sp³-hybridized carbons (Fsp3) is 0.368. The van der Waals surface area contributed by atoms with Crippen molar-refractivity contribution in [2.24, 2.45) is 0 Å². The Morgan fingerprint density at radius 3 is 2.59 bits per heavy atom. The lowest BCUT2D eigenvalue weighted by Gasteiger charge is -2.12. The number of methoxy groups -OCH3 is 2. The first-order valence-electron chi connectivity index (χ1n) is 8.51. The van der Waals surface area contributed by atoms with Crippen LogP contribution >= 0.6 is 22.9 Å². The molecule has 0 unspecified atom stereocenters.